The molecule has 0 unspecified atom stereocenters. The molecule has 2 aromatic rings. The second-order valence-corrected chi connectivity index (χ2v) is 8.84. The number of fused-ring (bicyclic) bond motifs is 4. The normalized spacial score (nSPS) is 22.3. The lowest BCUT2D eigenvalue weighted by Gasteiger charge is -2.55. The Morgan fingerprint density at radius 3 is 2.60 bits per heavy atom. The summed E-state index contributed by atoms with van der Waals surface area (Å²) in [4.78, 5) is 15.2. The monoisotopic (exact) mass is 498 g/mol. The van der Waals surface area contributed by atoms with Crippen LogP contribution >= 0.6 is 12.2 Å². The predicted octanol–water partition coefficient (Wildman–Crippen LogP) is 3.64. The summed E-state index contributed by atoms with van der Waals surface area (Å²) in [5.41, 5.74) is 0.712. The van der Waals surface area contributed by atoms with Crippen molar-refractivity contribution in [3.8, 4) is 23.0 Å². The summed E-state index contributed by atoms with van der Waals surface area (Å²) in [6.45, 7) is 6.12. The van der Waals surface area contributed by atoms with E-state index in [1.165, 1.54) is 0 Å². The van der Waals surface area contributed by atoms with E-state index >= 15 is 0 Å². The molecule has 2 bridgehead atoms. The van der Waals surface area contributed by atoms with E-state index < -0.39 is 23.7 Å². The number of thiocarbonyl (C=S) groups is 1. The molecule has 9 heteroatoms. The second kappa shape index (κ2) is 10.0. The van der Waals surface area contributed by atoms with Gasteiger partial charge in [0.25, 0.3) is 0 Å². The van der Waals surface area contributed by atoms with Crippen molar-refractivity contribution in [3.05, 3.63) is 60.2 Å². The third-order valence-electron chi connectivity index (χ3n) is 6.51. The van der Waals surface area contributed by atoms with Crippen molar-refractivity contribution in [1.82, 2.24) is 10.2 Å². The third kappa shape index (κ3) is 4.36. The lowest BCUT2D eigenvalue weighted by molar-refractivity contribution is -0.174. The van der Waals surface area contributed by atoms with Gasteiger partial charge in [-0.15, -0.1) is 0 Å². The van der Waals surface area contributed by atoms with Crippen molar-refractivity contribution >= 4 is 23.3 Å². The molecule has 2 heterocycles. The van der Waals surface area contributed by atoms with Gasteiger partial charge in [-0.2, -0.15) is 0 Å². The van der Waals surface area contributed by atoms with E-state index in [4.69, 9.17) is 35.9 Å². The molecule has 8 nitrogen and oxygen atoms in total. The van der Waals surface area contributed by atoms with E-state index in [2.05, 4.69) is 11.9 Å². The molecule has 35 heavy (non-hydrogen) atoms. The van der Waals surface area contributed by atoms with Crippen molar-refractivity contribution in [2.75, 3.05) is 34.5 Å². The number of esters is 1. The number of hydrogen-bond acceptors (Lipinski definition) is 7. The van der Waals surface area contributed by atoms with Crippen molar-refractivity contribution < 1.29 is 28.5 Å². The van der Waals surface area contributed by atoms with E-state index in [0.717, 1.165) is 11.1 Å². The van der Waals surface area contributed by atoms with Gasteiger partial charge in [0.1, 0.15) is 12.5 Å². The van der Waals surface area contributed by atoms with Gasteiger partial charge in [0.15, 0.2) is 33.8 Å². The quantitative estimate of drug-likeness (QED) is 0.317. The molecule has 0 spiro atoms. The van der Waals surface area contributed by atoms with Gasteiger partial charge >= 0.3 is 5.97 Å². The number of para-hydroxylation sites is 1. The second-order valence-electron chi connectivity index (χ2n) is 8.45. The molecule has 2 aliphatic heterocycles. The van der Waals surface area contributed by atoms with Crippen LogP contribution in [0.3, 0.4) is 0 Å². The smallest absolute Gasteiger partial charge is 0.317 e. The highest BCUT2D eigenvalue weighted by atomic mass is 32.1. The molecule has 0 amide bonds. The predicted molar refractivity (Wildman–Crippen MR) is 135 cm³/mol. The lowest BCUT2D eigenvalue weighted by Crippen LogP contribution is -2.71. The van der Waals surface area contributed by atoms with Gasteiger partial charge < -0.3 is 33.9 Å². The topological polar surface area (TPSA) is 78.5 Å². The Kier molecular flexibility index (Phi) is 7.07. The number of carbonyl (C=O) groups excluding carboxylic acids is 1. The Bertz CT molecular complexity index is 1140. The van der Waals surface area contributed by atoms with Crippen LogP contribution in [0.2, 0.25) is 0 Å². The highest BCUT2D eigenvalue weighted by Crippen LogP contribution is 2.51. The first-order chi connectivity index (χ1) is 16.9. The average molecular weight is 499 g/mol. The molecule has 1 N–H and O–H groups in total. The first-order valence-corrected chi connectivity index (χ1v) is 11.7. The Morgan fingerprint density at radius 1 is 1.17 bits per heavy atom. The minimum absolute atomic E-state index is 0.110. The Labute approximate surface area is 210 Å². The van der Waals surface area contributed by atoms with Crippen LogP contribution in [0, 0.1) is 5.92 Å². The number of ether oxygens (including phenoxy) is 5. The fraction of sp³-hybridized carbons (Fsp3) is 0.385. The van der Waals surface area contributed by atoms with E-state index in [1.807, 2.05) is 48.2 Å². The van der Waals surface area contributed by atoms with Crippen LogP contribution in [0.25, 0.3) is 0 Å². The van der Waals surface area contributed by atoms with E-state index in [0.29, 0.717) is 41.1 Å². The fourth-order valence-corrected chi connectivity index (χ4v) is 5.19. The molecule has 0 radical (unpaired) electrons. The number of nitrogens with zero attached hydrogens (tertiary/aromatic N) is 1. The minimum Gasteiger partial charge on any atom is -0.493 e. The average Bonchev–Trinajstić information content (AvgIpc) is 2.86. The molecular weight excluding hydrogens is 468 g/mol. The zero-order valence-corrected chi connectivity index (χ0v) is 21.1. The molecular formula is C26H30N2O6S. The van der Waals surface area contributed by atoms with Gasteiger partial charge in [-0.25, -0.2) is 0 Å². The first kappa shape index (κ1) is 24.7. The molecule has 2 aromatic carbocycles. The standard InChI is InChI=1S/C26H30N2O6S/c1-6-14-33-24(29)21-22-17-8-7-9-19(31-4)23(17)34-26(21,2)28(25(35)27-22)13-12-16-10-11-18(30-3)20(15-16)32-5/h6-11,15,21-22H,1,12-14H2,2-5H3,(H,27,35)/t21-,22+,26-/m0/s1. The van der Waals surface area contributed by atoms with Crippen LogP contribution in [-0.4, -0.2) is 56.2 Å². The summed E-state index contributed by atoms with van der Waals surface area (Å²) in [6, 6.07) is 11.0. The number of carbonyl (C=O) groups is 1. The highest BCUT2D eigenvalue weighted by Gasteiger charge is 2.59. The van der Waals surface area contributed by atoms with E-state index in [9.17, 15) is 4.79 Å². The molecule has 186 valence electrons. The molecule has 0 aromatic heterocycles. The number of methoxy groups -OCH3 is 3. The molecule has 3 atom stereocenters. The summed E-state index contributed by atoms with van der Waals surface area (Å²) in [6.07, 6.45) is 2.17. The summed E-state index contributed by atoms with van der Waals surface area (Å²) in [7, 11) is 4.80. The van der Waals surface area contributed by atoms with Crippen LogP contribution in [0.4, 0.5) is 0 Å². The zero-order chi connectivity index (χ0) is 25.2. The molecule has 1 fully saturated rings. The van der Waals surface area contributed by atoms with Gasteiger partial charge in [-0.05, 0) is 49.3 Å². The zero-order valence-electron chi connectivity index (χ0n) is 20.3. The van der Waals surface area contributed by atoms with Crippen molar-refractivity contribution in [1.29, 1.82) is 0 Å². The van der Waals surface area contributed by atoms with Crippen molar-refractivity contribution in [2.24, 2.45) is 5.92 Å². The third-order valence-corrected chi connectivity index (χ3v) is 6.85. The van der Waals surface area contributed by atoms with Crippen LogP contribution in [-0.2, 0) is 16.0 Å². The first-order valence-electron chi connectivity index (χ1n) is 11.3. The SMILES string of the molecule is C=CCOC(=O)[C@@H]1[C@@H]2NC(=S)N(CCc3ccc(OC)c(OC)c3)[C@@]1(C)Oc1c(OC)cccc12. The lowest BCUT2D eigenvalue weighted by atomic mass is 9.79. The summed E-state index contributed by atoms with van der Waals surface area (Å²) in [5, 5.41) is 3.86. The maximum atomic E-state index is 13.3. The molecule has 4 rings (SSSR count). The number of nitrogens with one attached hydrogen (secondary N) is 1. The van der Waals surface area contributed by atoms with Crippen LogP contribution < -0.4 is 24.3 Å². The largest absolute Gasteiger partial charge is 0.493 e. The van der Waals surface area contributed by atoms with Crippen molar-refractivity contribution in [3.63, 3.8) is 0 Å². The summed E-state index contributed by atoms with van der Waals surface area (Å²) in [5.74, 6) is 1.41. The summed E-state index contributed by atoms with van der Waals surface area (Å²) < 4.78 is 28.4. The maximum absolute atomic E-state index is 13.3. The van der Waals surface area contributed by atoms with E-state index in [1.54, 1.807) is 27.4 Å². The Morgan fingerprint density at radius 2 is 1.91 bits per heavy atom. The molecule has 2 aliphatic rings. The van der Waals surface area contributed by atoms with E-state index in [-0.39, 0.29) is 6.61 Å². The number of rotatable bonds is 9. The minimum atomic E-state index is -1.11. The Hall–Kier alpha value is -3.46. The van der Waals surface area contributed by atoms with Gasteiger partial charge in [-0.3, -0.25) is 4.79 Å². The fourth-order valence-electron chi connectivity index (χ4n) is 4.79. The van der Waals surface area contributed by atoms with Crippen LogP contribution in [0.5, 0.6) is 23.0 Å². The summed E-state index contributed by atoms with van der Waals surface area (Å²) >= 11 is 5.76. The number of benzene rings is 2. The number of hydrogen-bond donors (Lipinski definition) is 1. The van der Waals surface area contributed by atoms with Gasteiger partial charge in [-0.1, -0.05) is 30.9 Å². The molecule has 0 aliphatic carbocycles. The Balaban J connectivity index is 1.70. The molecule has 0 saturated carbocycles. The molecule has 1 saturated heterocycles. The van der Waals surface area contributed by atoms with Gasteiger partial charge in [0, 0.05) is 12.1 Å². The van der Waals surface area contributed by atoms with Crippen molar-refractivity contribution in [2.45, 2.75) is 25.1 Å². The van der Waals surface area contributed by atoms with Crippen LogP contribution in [0.15, 0.2) is 49.1 Å². The van der Waals surface area contributed by atoms with Gasteiger partial charge in [0.2, 0.25) is 0 Å². The maximum Gasteiger partial charge on any atom is 0.317 e. The van der Waals surface area contributed by atoms with Gasteiger partial charge in [0.05, 0.1) is 27.4 Å². The van der Waals surface area contributed by atoms with Crippen LogP contribution in [0.1, 0.15) is 24.1 Å². The highest BCUT2D eigenvalue weighted by molar-refractivity contribution is 7.80.